The molecule has 0 radical (unpaired) electrons. The summed E-state index contributed by atoms with van der Waals surface area (Å²) in [4.78, 5) is 25.9. The third kappa shape index (κ3) is 3.69. The molecule has 1 N–H and O–H groups in total. The summed E-state index contributed by atoms with van der Waals surface area (Å²) < 4.78 is 5.19. The lowest BCUT2D eigenvalue weighted by Crippen LogP contribution is -2.37. The fourth-order valence-electron chi connectivity index (χ4n) is 2.15. The summed E-state index contributed by atoms with van der Waals surface area (Å²) in [7, 11) is 1.62. The molecular weight excluding hydrogens is 294 g/mol. The zero-order valence-corrected chi connectivity index (χ0v) is 13.3. The van der Waals surface area contributed by atoms with Crippen LogP contribution in [0.5, 0.6) is 5.75 Å². The number of rotatable bonds is 4. The first-order valence-electron chi connectivity index (χ1n) is 7.24. The number of anilines is 1. The lowest BCUT2D eigenvalue weighted by atomic mass is 10.1. The number of esters is 1. The lowest BCUT2D eigenvalue weighted by Gasteiger charge is -2.21. The van der Waals surface area contributed by atoms with Crippen molar-refractivity contribution in [2.75, 3.05) is 11.9 Å². The van der Waals surface area contributed by atoms with Crippen LogP contribution < -0.4 is 4.90 Å². The Morgan fingerprint density at radius 2 is 1.74 bits per heavy atom. The predicted molar refractivity (Wildman–Crippen MR) is 87.6 cm³/mol. The first-order valence-corrected chi connectivity index (χ1v) is 7.24. The Hall–Kier alpha value is -2.82. The van der Waals surface area contributed by atoms with Crippen LogP contribution in [0.15, 0.2) is 48.5 Å². The van der Waals surface area contributed by atoms with Crippen LogP contribution in [-0.4, -0.2) is 30.1 Å². The van der Waals surface area contributed by atoms with Crippen molar-refractivity contribution in [1.29, 1.82) is 0 Å². The summed E-state index contributed by atoms with van der Waals surface area (Å²) >= 11 is 0. The van der Waals surface area contributed by atoms with E-state index in [1.54, 1.807) is 38.2 Å². The van der Waals surface area contributed by atoms with E-state index in [0.29, 0.717) is 11.3 Å². The topological polar surface area (TPSA) is 66.8 Å². The van der Waals surface area contributed by atoms with E-state index < -0.39 is 12.1 Å². The van der Waals surface area contributed by atoms with E-state index in [4.69, 9.17) is 4.74 Å². The van der Waals surface area contributed by atoms with Gasteiger partial charge in [0.25, 0.3) is 5.91 Å². The monoisotopic (exact) mass is 313 g/mol. The van der Waals surface area contributed by atoms with Crippen molar-refractivity contribution in [2.24, 2.45) is 0 Å². The molecule has 0 aliphatic carbocycles. The second-order valence-electron chi connectivity index (χ2n) is 5.25. The van der Waals surface area contributed by atoms with Crippen molar-refractivity contribution in [3.05, 3.63) is 59.7 Å². The highest BCUT2D eigenvalue weighted by molar-refractivity contribution is 5.99. The minimum absolute atomic E-state index is 0.0482. The van der Waals surface area contributed by atoms with Crippen LogP contribution in [0.4, 0.5) is 5.69 Å². The molecule has 5 heteroatoms. The Morgan fingerprint density at radius 1 is 1.09 bits per heavy atom. The largest absolute Gasteiger partial charge is 0.507 e. The molecule has 0 aliphatic heterocycles. The number of amides is 1. The van der Waals surface area contributed by atoms with Crippen LogP contribution in [0.3, 0.4) is 0 Å². The number of para-hydroxylation sites is 2. The number of likely N-dealkylation sites (N-methyl/N-ethyl adjacent to an activating group) is 1. The van der Waals surface area contributed by atoms with E-state index in [2.05, 4.69) is 0 Å². The van der Waals surface area contributed by atoms with Crippen LogP contribution in [-0.2, 0) is 9.53 Å². The Kier molecular flexibility index (Phi) is 5.01. The van der Waals surface area contributed by atoms with Gasteiger partial charge in [-0.1, -0.05) is 30.3 Å². The van der Waals surface area contributed by atoms with Crippen LogP contribution in [0.2, 0.25) is 0 Å². The number of ether oxygens (including phenoxy) is 1. The number of aromatic hydroxyl groups is 1. The van der Waals surface area contributed by atoms with E-state index in [1.165, 1.54) is 17.9 Å². The number of phenolic OH excluding ortho intramolecular Hbond substituents is 1. The van der Waals surface area contributed by atoms with Crippen molar-refractivity contribution in [1.82, 2.24) is 0 Å². The lowest BCUT2D eigenvalue weighted by molar-refractivity contribution is -0.126. The molecule has 0 saturated heterocycles. The highest BCUT2D eigenvalue weighted by Crippen LogP contribution is 2.23. The van der Waals surface area contributed by atoms with Gasteiger partial charge in [0.1, 0.15) is 11.3 Å². The molecule has 0 bridgehead atoms. The molecule has 2 aromatic rings. The molecule has 1 atom stereocenters. The van der Waals surface area contributed by atoms with Crippen molar-refractivity contribution in [3.8, 4) is 5.75 Å². The molecule has 0 saturated carbocycles. The Bertz CT molecular complexity index is 712. The number of aryl methyl sites for hydroxylation is 1. The number of benzene rings is 2. The minimum atomic E-state index is -0.965. The summed E-state index contributed by atoms with van der Waals surface area (Å²) in [5.74, 6) is -1.21. The summed E-state index contributed by atoms with van der Waals surface area (Å²) in [5, 5.41) is 9.91. The molecule has 5 nitrogen and oxygen atoms in total. The third-order valence-corrected chi connectivity index (χ3v) is 3.56. The second-order valence-corrected chi connectivity index (χ2v) is 5.25. The van der Waals surface area contributed by atoms with Crippen molar-refractivity contribution < 1.29 is 19.4 Å². The first kappa shape index (κ1) is 16.5. The maximum atomic E-state index is 12.3. The summed E-state index contributed by atoms with van der Waals surface area (Å²) in [6.45, 7) is 3.19. The highest BCUT2D eigenvalue weighted by Gasteiger charge is 2.24. The summed E-state index contributed by atoms with van der Waals surface area (Å²) in [6, 6.07) is 13.9. The normalized spacial score (nSPS) is 11.6. The number of nitrogens with zero attached hydrogens (tertiary/aromatic N) is 1. The number of carbonyl (C=O) groups is 2. The number of hydrogen-bond acceptors (Lipinski definition) is 4. The first-order chi connectivity index (χ1) is 10.9. The Morgan fingerprint density at radius 3 is 2.39 bits per heavy atom. The van der Waals surface area contributed by atoms with E-state index in [9.17, 15) is 14.7 Å². The Balaban J connectivity index is 2.09. The highest BCUT2D eigenvalue weighted by atomic mass is 16.5. The molecule has 120 valence electrons. The van der Waals surface area contributed by atoms with Gasteiger partial charge in [-0.15, -0.1) is 0 Å². The van der Waals surface area contributed by atoms with Gasteiger partial charge in [0.05, 0.1) is 0 Å². The average Bonchev–Trinajstić information content (AvgIpc) is 2.56. The number of hydrogen-bond donors (Lipinski definition) is 1. The van der Waals surface area contributed by atoms with Gasteiger partial charge in [-0.05, 0) is 37.6 Å². The summed E-state index contributed by atoms with van der Waals surface area (Å²) in [6.07, 6.45) is -0.965. The molecule has 0 spiro atoms. The second kappa shape index (κ2) is 6.96. The smallest absolute Gasteiger partial charge is 0.342 e. The van der Waals surface area contributed by atoms with Gasteiger partial charge in [-0.25, -0.2) is 4.79 Å². The molecule has 0 fully saturated rings. The molecule has 0 aromatic heterocycles. The molecular formula is C18H19NO4. The van der Waals surface area contributed by atoms with Crippen LogP contribution >= 0.6 is 0 Å². The third-order valence-electron chi connectivity index (χ3n) is 3.56. The van der Waals surface area contributed by atoms with Gasteiger partial charge in [0.15, 0.2) is 6.10 Å². The quantitative estimate of drug-likeness (QED) is 0.881. The average molecular weight is 313 g/mol. The molecule has 0 aliphatic rings. The van der Waals surface area contributed by atoms with Gasteiger partial charge in [0.2, 0.25) is 0 Å². The predicted octanol–water partition coefficient (Wildman–Crippen LogP) is 2.91. The molecule has 0 unspecified atom stereocenters. The van der Waals surface area contributed by atoms with E-state index in [0.717, 1.165) is 0 Å². The fraction of sp³-hybridized carbons (Fsp3) is 0.222. The minimum Gasteiger partial charge on any atom is -0.507 e. The van der Waals surface area contributed by atoms with Crippen LogP contribution in [0.1, 0.15) is 22.8 Å². The maximum Gasteiger partial charge on any atom is 0.342 e. The SMILES string of the molecule is Cc1cccc(C(=O)O[C@H](C)C(=O)N(C)c2ccccc2)c1O. The standard InChI is InChI=1S/C18H19NO4/c1-12-8-7-11-15(16(12)20)18(22)23-13(2)17(21)19(3)14-9-5-4-6-10-14/h4-11,13,20H,1-3H3/t13-/m1/s1. The van der Waals surface area contributed by atoms with Gasteiger partial charge >= 0.3 is 5.97 Å². The summed E-state index contributed by atoms with van der Waals surface area (Å²) in [5.41, 5.74) is 1.32. The van der Waals surface area contributed by atoms with Gasteiger partial charge in [0, 0.05) is 12.7 Å². The van der Waals surface area contributed by atoms with E-state index in [1.807, 2.05) is 18.2 Å². The molecule has 2 aromatic carbocycles. The van der Waals surface area contributed by atoms with E-state index >= 15 is 0 Å². The van der Waals surface area contributed by atoms with Gasteiger partial charge in [-0.3, -0.25) is 4.79 Å². The van der Waals surface area contributed by atoms with Crippen molar-refractivity contribution in [3.63, 3.8) is 0 Å². The molecule has 0 heterocycles. The number of carbonyl (C=O) groups excluding carboxylic acids is 2. The van der Waals surface area contributed by atoms with Gasteiger partial charge < -0.3 is 14.7 Å². The molecule has 23 heavy (non-hydrogen) atoms. The molecule has 2 rings (SSSR count). The molecule has 1 amide bonds. The van der Waals surface area contributed by atoms with Crippen molar-refractivity contribution >= 4 is 17.6 Å². The van der Waals surface area contributed by atoms with Crippen LogP contribution in [0.25, 0.3) is 0 Å². The zero-order chi connectivity index (χ0) is 17.0. The van der Waals surface area contributed by atoms with Crippen LogP contribution in [0, 0.1) is 6.92 Å². The zero-order valence-electron chi connectivity index (χ0n) is 13.3. The maximum absolute atomic E-state index is 12.3. The van der Waals surface area contributed by atoms with Crippen molar-refractivity contribution in [2.45, 2.75) is 20.0 Å². The van der Waals surface area contributed by atoms with E-state index in [-0.39, 0.29) is 17.2 Å². The Labute approximate surface area is 135 Å². The number of phenols is 1. The van der Waals surface area contributed by atoms with Gasteiger partial charge in [-0.2, -0.15) is 0 Å². The fourth-order valence-corrected chi connectivity index (χ4v) is 2.15.